The van der Waals surface area contributed by atoms with Gasteiger partial charge in [-0.2, -0.15) is 0 Å². The molecule has 7 heteroatoms. The SMILES string of the molecule is Cc1onc(-c2ccccc2)c1-c1nnc(-c2ccc3[nH]cnc3c2)o1. The van der Waals surface area contributed by atoms with E-state index in [-0.39, 0.29) is 0 Å². The molecule has 0 spiro atoms. The molecule has 0 unspecified atom stereocenters. The number of aryl methyl sites for hydroxylation is 1. The Kier molecular flexibility index (Phi) is 3.18. The second-order valence-corrected chi connectivity index (χ2v) is 5.88. The smallest absolute Gasteiger partial charge is 0.254 e. The molecule has 2 aromatic carbocycles. The molecule has 126 valence electrons. The molecule has 0 fully saturated rings. The van der Waals surface area contributed by atoms with E-state index < -0.39 is 0 Å². The van der Waals surface area contributed by atoms with E-state index in [4.69, 9.17) is 8.94 Å². The molecule has 3 aromatic heterocycles. The van der Waals surface area contributed by atoms with Crippen molar-refractivity contribution in [3.8, 4) is 34.2 Å². The first-order valence-corrected chi connectivity index (χ1v) is 8.08. The number of rotatable bonds is 3. The molecule has 0 radical (unpaired) electrons. The number of aromatic nitrogens is 5. The summed E-state index contributed by atoms with van der Waals surface area (Å²) in [5.74, 6) is 1.42. The van der Waals surface area contributed by atoms with Crippen LogP contribution >= 0.6 is 0 Å². The molecule has 0 aliphatic rings. The van der Waals surface area contributed by atoms with Gasteiger partial charge in [-0.1, -0.05) is 35.5 Å². The number of H-pyrrole nitrogens is 1. The van der Waals surface area contributed by atoms with E-state index in [2.05, 4.69) is 25.3 Å². The van der Waals surface area contributed by atoms with Gasteiger partial charge in [0.05, 0.1) is 17.4 Å². The Balaban J connectivity index is 1.60. The van der Waals surface area contributed by atoms with Gasteiger partial charge in [0, 0.05) is 11.1 Å². The van der Waals surface area contributed by atoms with Crippen LogP contribution < -0.4 is 0 Å². The first-order valence-electron chi connectivity index (χ1n) is 8.08. The number of aromatic amines is 1. The van der Waals surface area contributed by atoms with Crippen LogP contribution in [0.4, 0.5) is 0 Å². The summed E-state index contributed by atoms with van der Waals surface area (Å²) in [6.07, 6.45) is 1.65. The van der Waals surface area contributed by atoms with Crippen molar-refractivity contribution in [1.82, 2.24) is 25.3 Å². The molecule has 5 aromatic rings. The maximum atomic E-state index is 5.92. The van der Waals surface area contributed by atoms with Crippen LogP contribution in [0.15, 0.2) is 63.8 Å². The maximum Gasteiger partial charge on any atom is 0.254 e. The summed E-state index contributed by atoms with van der Waals surface area (Å²) in [6, 6.07) is 15.5. The Morgan fingerprint density at radius 3 is 2.65 bits per heavy atom. The van der Waals surface area contributed by atoms with Crippen molar-refractivity contribution in [3.63, 3.8) is 0 Å². The summed E-state index contributed by atoms with van der Waals surface area (Å²) in [5.41, 5.74) is 4.91. The van der Waals surface area contributed by atoms with Crippen molar-refractivity contribution in [2.24, 2.45) is 0 Å². The lowest BCUT2D eigenvalue weighted by Gasteiger charge is -1.98. The van der Waals surface area contributed by atoms with Crippen LogP contribution in [0.2, 0.25) is 0 Å². The molecule has 3 heterocycles. The Labute approximate surface area is 147 Å². The fraction of sp³-hybridized carbons (Fsp3) is 0.0526. The topological polar surface area (TPSA) is 93.6 Å². The number of benzene rings is 2. The van der Waals surface area contributed by atoms with Crippen LogP contribution in [0, 0.1) is 6.92 Å². The molecule has 7 nitrogen and oxygen atoms in total. The van der Waals surface area contributed by atoms with Crippen molar-refractivity contribution in [2.45, 2.75) is 6.92 Å². The molecule has 0 atom stereocenters. The maximum absolute atomic E-state index is 5.92. The van der Waals surface area contributed by atoms with E-state index in [1.54, 1.807) is 6.33 Å². The zero-order valence-electron chi connectivity index (χ0n) is 13.8. The second kappa shape index (κ2) is 5.66. The minimum absolute atomic E-state index is 0.375. The highest BCUT2D eigenvalue weighted by Gasteiger charge is 2.22. The number of hydrogen-bond donors (Lipinski definition) is 1. The van der Waals surface area contributed by atoms with E-state index in [0.29, 0.717) is 28.8 Å². The quantitative estimate of drug-likeness (QED) is 0.526. The first-order chi connectivity index (χ1) is 12.8. The number of fused-ring (bicyclic) bond motifs is 1. The fourth-order valence-corrected chi connectivity index (χ4v) is 2.92. The Bertz CT molecular complexity index is 1200. The summed E-state index contributed by atoms with van der Waals surface area (Å²) in [5, 5.41) is 12.6. The molecular weight excluding hydrogens is 330 g/mol. The first kappa shape index (κ1) is 14.6. The van der Waals surface area contributed by atoms with Gasteiger partial charge in [0.2, 0.25) is 5.89 Å². The number of nitrogens with one attached hydrogen (secondary N) is 1. The highest BCUT2D eigenvalue weighted by Crippen LogP contribution is 2.34. The van der Waals surface area contributed by atoms with Gasteiger partial charge in [0.25, 0.3) is 5.89 Å². The number of hydrogen-bond acceptors (Lipinski definition) is 6. The Morgan fingerprint density at radius 1 is 0.923 bits per heavy atom. The third-order valence-corrected chi connectivity index (χ3v) is 4.22. The van der Waals surface area contributed by atoms with E-state index >= 15 is 0 Å². The van der Waals surface area contributed by atoms with Gasteiger partial charge in [0.1, 0.15) is 17.0 Å². The van der Waals surface area contributed by atoms with E-state index in [9.17, 15) is 0 Å². The Hall–Kier alpha value is -3.74. The number of nitrogens with zero attached hydrogens (tertiary/aromatic N) is 4. The summed E-state index contributed by atoms with van der Waals surface area (Å²) >= 11 is 0. The molecule has 1 N–H and O–H groups in total. The average molecular weight is 343 g/mol. The predicted octanol–water partition coefficient (Wildman–Crippen LogP) is 4.24. The van der Waals surface area contributed by atoms with Crippen molar-refractivity contribution in [2.75, 3.05) is 0 Å². The van der Waals surface area contributed by atoms with Gasteiger partial charge in [-0.15, -0.1) is 10.2 Å². The van der Waals surface area contributed by atoms with Crippen molar-refractivity contribution in [3.05, 3.63) is 60.6 Å². The van der Waals surface area contributed by atoms with Gasteiger partial charge in [0.15, 0.2) is 0 Å². The van der Waals surface area contributed by atoms with Crippen LogP contribution in [-0.4, -0.2) is 25.3 Å². The minimum Gasteiger partial charge on any atom is -0.416 e. The lowest BCUT2D eigenvalue weighted by molar-refractivity contribution is 0.399. The predicted molar refractivity (Wildman–Crippen MR) is 95.1 cm³/mol. The van der Waals surface area contributed by atoms with Gasteiger partial charge in [-0.3, -0.25) is 0 Å². The molecule has 5 rings (SSSR count). The van der Waals surface area contributed by atoms with Crippen LogP contribution in [0.1, 0.15) is 5.76 Å². The summed E-state index contributed by atoms with van der Waals surface area (Å²) in [7, 11) is 0. The molecule has 0 saturated heterocycles. The van der Waals surface area contributed by atoms with Gasteiger partial charge in [-0.25, -0.2) is 4.98 Å². The molecule has 26 heavy (non-hydrogen) atoms. The van der Waals surface area contributed by atoms with Gasteiger partial charge >= 0.3 is 0 Å². The van der Waals surface area contributed by atoms with Gasteiger partial charge in [-0.05, 0) is 25.1 Å². The van der Waals surface area contributed by atoms with Crippen LogP contribution in [0.3, 0.4) is 0 Å². The monoisotopic (exact) mass is 343 g/mol. The fourth-order valence-electron chi connectivity index (χ4n) is 2.92. The summed E-state index contributed by atoms with van der Waals surface area (Å²) < 4.78 is 11.3. The normalized spacial score (nSPS) is 11.3. The minimum atomic E-state index is 0.375. The molecule has 0 aliphatic heterocycles. The Morgan fingerprint density at radius 2 is 1.77 bits per heavy atom. The summed E-state index contributed by atoms with van der Waals surface area (Å²) in [4.78, 5) is 7.32. The van der Waals surface area contributed by atoms with Crippen molar-refractivity contribution < 1.29 is 8.94 Å². The van der Waals surface area contributed by atoms with E-state index in [1.807, 2.05) is 55.5 Å². The van der Waals surface area contributed by atoms with Crippen LogP contribution in [0.25, 0.3) is 45.2 Å². The lowest BCUT2D eigenvalue weighted by Crippen LogP contribution is -1.84. The highest BCUT2D eigenvalue weighted by atomic mass is 16.5. The molecule has 0 saturated carbocycles. The van der Waals surface area contributed by atoms with Gasteiger partial charge < -0.3 is 13.9 Å². The second-order valence-electron chi connectivity index (χ2n) is 5.88. The number of imidazole rings is 1. The molecule has 0 amide bonds. The van der Waals surface area contributed by atoms with Crippen molar-refractivity contribution in [1.29, 1.82) is 0 Å². The highest BCUT2D eigenvalue weighted by molar-refractivity contribution is 5.81. The standard InChI is InChI=1S/C19H13N5O2/c1-11-16(17(24-26-11)12-5-3-2-4-6-12)19-23-22-18(25-19)13-7-8-14-15(9-13)21-10-20-14/h2-10H,1H3,(H,20,21). The van der Waals surface area contributed by atoms with Crippen LogP contribution in [-0.2, 0) is 0 Å². The summed E-state index contributed by atoms with van der Waals surface area (Å²) in [6.45, 7) is 1.83. The average Bonchev–Trinajstić information content (AvgIpc) is 3.40. The lowest BCUT2D eigenvalue weighted by atomic mass is 10.1. The molecular formula is C19H13N5O2. The van der Waals surface area contributed by atoms with E-state index in [1.165, 1.54) is 0 Å². The molecule has 0 aliphatic carbocycles. The van der Waals surface area contributed by atoms with Crippen molar-refractivity contribution >= 4 is 11.0 Å². The van der Waals surface area contributed by atoms with Crippen LogP contribution in [0.5, 0.6) is 0 Å². The van der Waals surface area contributed by atoms with E-state index in [0.717, 1.165) is 22.2 Å². The molecule has 0 bridgehead atoms. The third kappa shape index (κ3) is 2.29. The largest absolute Gasteiger partial charge is 0.416 e. The third-order valence-electron chi connectivity index (χ3n) is 4.22. The zero-order chi connectivity index (χ0) is 17.5. The zero-order valence-corrected chi connectivity index (χ0v) is 13.8.